The van der Waals surface area contributed by atoms with E-state index in [1.54, 1.807) is 10.6 Å². The predicted octanol–water partition coefficient (Wildman–Crippen LogP) is 1.33. The molecule has 0 saturated carbocycles. The lowest BCUT2D eigenvalue weighted by molar-refractivity contribution is -0.141. The van der Waals surface area contributed by atoms with Gasteiger partial charge in [0.05, 0.1) is 0 Å². The predicted molar refractivity (Wildman–Crippen MR) is 71.6 cm³/mol. The zero-order chi connectivity index (χ0) is 14.3. The molecule has 1 aliphatic rings. The van der Waals surface area contributed by atoms with Gasteiger partial charge in [-0.1, -0.05) is 0 Å². The van der Waals surface area contributed by atoms with E-state index in [4.69, 9.17) is 5.11 Å². The number of aryl methyl sites for hydroxylation is 1. The molecule has 0 aliphatic carbocycles. The number of rotatable bonds is 2. The number of nitrogens with zero attached hydrogens (tertiary/aromatic N) is 3. The number of carboxylic acids is 1. The maximum Gasteiger partial charge on any atom is 0.326 e. The van der Waals surface area contributed by atoms with Crippen molar-refractivity contribution in [3.63, 3.8) is 0 Å². The third-order valence-corrected chi connectivity index (χ3v) is 3.63. The molecule has 6 heteroatoms. The smallest absolute Gasteiger partial charge is 0.326 e. The van der Waals surface area contributed by atoms with Gasteiger partial charge in [0, 0.05) is 18.9 Å². The molecule has 1 unspecified atom stereocenters. The van der Waals surface area contributed by atoms with E-state index < -0.39 is 12.0 Å². The topological polar surface area (TPSA) is 74.9 Å². The van der Waals surface area contributed by atoms with Crippen molar-refractivity contribution in [3.8, 4) is 0 Å². The van der Waals surface area contributed by atoms with Gasteiger partial charge in [0.15, 0.2) is 0 Å². The highest BCUT2D eigenvalue weighted by molar-refractivity contribution is 5.95. The molecular formula is C14H15N3O3. The molecule has 1 atom stereocenters. The van der Waals surface area contributed by atoms with E-state index in [2.05, 4.69) is 4.98 Å². The second-order valence-electron chi connectivity index (χ2n) is 5.09. The summed E-state index contributed by atoms with van der Waals surface area (Å²) in [5.74, 6) is -1.26. The van der Waals surface area contributed by atoms with Gasteiger partial charge >= 0.3 is 5.97 Å². The molecular weight excluding hydrogens is 258 g/mol. The van der Waals surface area contributed by atoms with Crippen LogP contribution in [0.15, 0.2) is 24.5 Å². The number of carbonyl (C=O) groups excluding carboxylic acids is 1. The maximum absolute atomic E-state index is 12.4. The van der Waals surface area contributed by atoms with E-state index >= 15 is 0 Å². The van der Waals surface area contributed by atoms with Gasteiger partial charge in [-0.25, -0.2) is 9.78 Å². The third kappa shape index (κ3) is 2.03. The van der Waals surface area contributed by atoms with Crippen LogP contribution in [0.4, 0.5) is 0 Å². The minimum atomic E-state index is -0.949. The highest BCUT2D eigenvalue weighted by Gasteiger charge is 2.35. The van der Waals surface area contributed by atoms with Crippen LogP contribution in [0.3, 0.4) is 0 Å². The van der Waals surface area contributed by atoms with Gasteiger partial charge in [0.25, 0.3) is 5.91 Å². The number of likely N-dealkylation sites (tertiary alicyclic amines) is 1. The molecule has 1 aliphatic heterocycles. The molecule has 3 heterocycles. The number of aromatic nitrogens is 2. The number of amides is 1. The summed E-state index contributed by atoms with van der Waals surface area (Å²) in [6, 6.07) is 3.09. The fraction of sp³-hybridized carbons (Fsp3) is 0.357. The Bertz CT molecular complexity index is 692. The SMILES string of the molecule is Cc1ccn2cc(C(=O)N3CCCC3C(=O)O)nc2c1. The summed E-state index contributed by atoms with van der Waals surface area (Å²) in [7, 11) is 0. The summed E-state index contributed by atoms with van der Waals surface area (Å²) in [6.45, 7) is 2.43. The Labute approximate surface area is 115 Å². The first-order chi connectivity index (χ1) is 9.56. The van der Waals surface area contributed by atoms with Crippen LogP contribution in [0, 0.1) is 6.92 Å². The molecule has 6 nitrogen and oxygen atoms in total. The Morgan fingerprint density at radius 1 is 1.45 bits per heavy atom. The van der Waals surface area contributed by atoms with Gasteiger partial charge in [-0.05, 0) is 37.5 Å². The van der Waals surface area contributed by atoms with Gasteiger partial charge < -0.3 is 14.4 Å². The summed E-state index contributed by atoms with van der Waals surface area (Å²) >= 11 is 0. The van der Waals surface area contributed by atoms with Gasteiger partial charge in [0.2, 0.25) is 0 Å². The largest absolute Gasteiger partial charge is 0.480 e. The number of carboxylic acid groups (broad SMARTS) is 1. The molecule has 104 valence electrons. The van der Waals surface area contributed by atoms with Crippen LogP contribution in [-0.4, -0.2) is 43.9 Å². The summed E-state index contributed by atoms with van der Waals surface area (Å²) < 4.78 is 1.77. The monoisotopic (exact) mass is 273 g/mol. The zero-order valence-corrected chi connectivity index (χ0v) is 11.1. The Hall–Kier alpha value is -2.37. The van der Waals surface area contributed by atoms with Crippen LogP contribution in [0.2, 0.25) is 0 Å². The second kappa shape index (κ2) is 4.63. The molecule has 0 bridgehead atoms. The Morgan fingerprint density at radius 2 is 2.25 bits per heavy atom. The Kier molecular flexibility index (Phi) is 2.93. The Balaban J connectivity index is 1.94. The van der Waals surface area contributed by atoms with E-state index in [0.29, 0.717) is 24.3 Å². The van der Waals surface area contributed by atoms with E-state index in [1.165, 1.54) is 4.90 Å². The van der Waals surface area contributed by atoms with Crippen LogP contribution < -0.4 is 0 Å². The highest BCUT2D eigenvalue weighted by Crippen LogP contribution is 2.20. The van der Waals surface area contributed by atoms with E-state index in [-0.39, 0.29) is 5.91 Å². The maximum atomic E-state index is 12.4. The van der Waals surface area contributed by atoms with Crippen LogP contribution >= 0.6 is 0 Å². The summed E-state index contributed by atoms with van der Waals surface area (Å²) in [5.41, 5.74) is 2.05. The van der Waals surface area contributed by atoms with Crippen molar-refractivity contribution in [2.45, 2.75) is 25.8 Å². The molecule has 20 heavy (non-hydrogen) atoms. The average molecular weight is 273 g/mol. The van der Waals surface area contributed by atoms with E-state index in [1.807, 2.05) is 25.3 Å². The molecule has 2 aromatic rings. The molecule has 0 radical (unpaired) electrons. The van der Waals surface area contributed by atoms with Crippen molar-refractivity contribution in [2.75, 3.05) is 6.54 Å². The number of aliphatic carboxylic acids is 1. The number of carbonyl (C=O) groups is 2. The van der Waals surface area contributed by atoms with Gasteiger partial charge in [-0.3, -0.25) is 4.79 Å². The number of imidazole rings is 1. The lowest BCUT2D eigenvalue weighted by Gasteiger charge is -2.19. The number of pyridine rings is 1. The van der Waals surface area contributed by atoms with Crippen LogP contribution in [-0.2, 0) is 4.79 Å². The van der Waals surface area contributed by atoms with Gasteiger partial charge in [-0.15, -0.1) is 0 Å². The number of hydrogen-bond acceptors (Lipinski definition) is 3. The van der Waals surface area contributed by atoms with Gasteiger partial charge in [0.1, 0.15) is 17.4 Å². The zero-order valence-electron chi connectivity index (χ0n) is 11.1. The third-order valence-electron chi connectivity index (χ3n) is 3.63. The van der Waals surface area contributed by atoms with Crippen molar-refractivity contribution in [1.29, 1.82) is 0 Å². The molecule has 1 amide bonds. The van der Waals surface area contributed by atoms with E-state index in [0.717, 1.165) is 12.0 Å². The molecule has 1 saturated heterocycles. The number of fused-ring (bicyclic) bond motifs is 1. The number of hydrogen-bond donors (Lipinski definition) is 1. The average Bonchev–Trinajstić information content (AvgIpc) is 3.03. The van der Waals surface area contributed by atoms with Crippen molar-refractivity contribution >= 4 is 17.5 Å². The van der Waals surface area contributed by atoms with Crippen LogP contribution in [0.25, 0.3) is 5.65 Å². The molecule has 0 spiro atoms. The highest BCUT2D eigenvalue weighted by atomic mass is 16.4. The lowest BCUT2D eigenvalue weighted by Crippen LogP contribution is -2.40. The minimum absolute atomic E-state index is 0.295. The Morgan fingerprint density at radius 3 is 3.00 bits per heavy atom. The quantitative estimate of drug-likeness (QED) is 0.895. The minimum Gasteiger partial charge on any atom is -0.480 e. The van der Waals surface area contributed by atoms with Gasteiger partial charge in [-0.2, -0.15) is 0 Å². The first kappa shape index (κ1) is 12.7. The summed E-state index contributed by atoms with van der Waals surface area (Å²) in [5, 5.41) is 9.14. The fourth-order valence-corrected chi connectivity index (χ4v) is 2.60. The van der Waals surface area contributed by atoms with E-state index in [9.17, 15) is 9.59 Å². The first-order valence-electron chi connectivity index (χ1n) is 6.55. The second-order valence-corrected chi connectivity index (χ2v) is 5.09. The van der Waals surface area contributed by atoms with Crippen molar-refractivity contribution in [1.82, 2.24) is 14.3 Å². The fourth-order valence-electron chi connectivity index (χ4n) is 2.60. The molecule has 0 aromatic carbocycles. The lowest BCUT2D eigenvalue weighted by atomic mass is 10.2. The van der Waals surface area contributed by atoms with Crippen molar-refractivity contribution in [2.24, 2.45) is 0 Å². The molecule has 3 rings (SSSR count). The van der Waals surface area contributed by atoms with Crippen molar-refractivity contribution in [3.05, 3.63) is 35.8 Å². The standard InChI is InChI=1S/C14H15N3O3/c1-9-4-6-16-8-10(15-12(16)7-9)13(18)17-5-2-3-11(17)14(19)20/h4,6-8,11H,2-3,5H2,1H3,(H,19,20). The van der Waals surface area contributed by atoms with Crippen molar-refractivity contribution < 1.29 is 14.7 Å². The normalized spacial score (nSPS) is 18.6. The van der Waals surface area contributed by atoms with Crippen LogP contribution in [0.1, 0.15) is 28.9 Å². The summed E-state index contributed by atoms with van der Waals surface area (Å²) in [4.78, 5) is 29.2. The first-order valence-corrected chi connectivity index (χ1v) is 6.55. The summed E-state index contributed by atoms with van der Waals surface area (Å²) in [6.07, 6.45) is 4.71. The van der Waals surface area contributed by atoms with Crippen LogP contribution in [0.5, 0.6) is 0 Å². The molecule has 2 aromatic heterocycles. The molecule has 1 fully saturated rings. The molecule has 1 N–H and O–H groups in total.